The van der Waals surface area contributed by atoms with Gasteiger partial charge in [0.1, 0.15) is 0 Å². The van der Waals surface area contributed by atoms with E-state index >= 15 is 0 Å². The zero-order chi connectivity index (χ0) is 16.9. The predicted molar refractivity (Wildman–Crippen MR) is 95.1 cm³/mol. The molecule has 134 valence electrons. The monoisotopic (exact) mass is 344 g/mol. The Morgan fingerprint density at radius 2 is 1.74 bits per heavy atom. The summed E-state index contributed by atoms with van der Waals surface area (Å²) in [4.78, 5) is 7.21. The van der Waals surface area contributed by atoms with Gasteiger partial charge in [-0.2, -0.15) is 0 Å². The van der Waals surface area contributed by atoms with Crippen molar-refractivity contribution in [3.63, 3.8) is 0 Å². The molecular formula is C16H32N4O2S. The number of hydrogen-bond donors (Lipinski definition) is 1. The fraction of sp³-hybridized carbons (Fsp3) is 0.938. The maximum atomic E-state index is 11.6. The van der Waals surface area contributed by atoms with Gasteiger partial charge in [-0.25, -0.2) is 12.7 Å². The van der Waals surface area contributed by atoms with Crippen molar-refractivity contribution in [2.24, 2.45) is 16.8 Å². The van der Waals surface area contributed by atoms with Crippen LogP contribution in [0.3, 0.4) is 0 Å². The lowest BCUT2D eigenvalue weighted by atomic mass is 9.98. The van der Waals surface area contributed by atoms with E-state index in [9.17, 15) is 8.42 Å². The average Bonchev–Trinajstić information content (AvgIpc) is 2.52. The first-order valence-electron chi connectivity index (χ1n) is 8.88. The van der Waals surface area contributed by atoms with Crippen LogP contribution in [-0.2, 0) is 10.0 Å². The van der Waals surface area contributed by atoms with Crippen molar-refractivity contribution >= 4 is 16.0 Å². The van der Waals surface area contributed by atoms with Crippen LogP contribution >= 0.6 is 0 Å². The Balaban J connectivity index is 1.86. The molecule has 0 aromatic heterocycles. The minimum atomic E-state index is -3.03. The van der Waals surface area contributed by atoms with Crippen molar-refractivity contribution in [3.05, 3.63) is 0 Å². The van der Waals surface area contributed by atoms with E-state index in [1.807, 2.05) is 0 Å². The molecule has 0 aromatic rings. The minimum Gasteiger partial charge on any atom is -0.357 e. The van der Waals surface area contributed by atoms with E-state index in [2.05, 4.69) is 24.1 Å². The number of nitrogens with one attached hydrogen (secondary N) is 1. The third-order valence-corrected chi connectivity index (χ3v) is 6.26. The summed E-state index contributed by atoms with van der Waals surface area (Å²) in [5, 5.41) is 3.41. The molecule has 2 heterocycles. The zero-order valence-electron chi connectivity index (χ0n) is 14.8. The summed E-state index contributed by atoms with van der Waals surface area (Å²) in [6.45, 7) is 9.54. The van der Waals surface area contributed by atoms with Crippen molar-refractivity contribution < 1.29 is 8.42 Å². The Kier molecular flexibility index (Phi) is 6.71. The molecule has 1 N–H and O–H groups in total. The molecule has 2 aliphatic heterocycles. The maximum absolute atomic E-state index is 11.6. The van der Waals surface area contributed by atoms with Crippen LogP contribution in [0.1, 0.15) is 39.5 Å². The third-order valence-electron chi connectivity index (χ3n) is 4.96. The largest absolute Gasteiger partial charge is 0.357 e. The van der Waals surface area contributed by atoms with Crippen LogP contribution in [-0.4, -0.2) is 69.1 Å². The van der Waals surface area contributed by atoms with Crippen LogP contribution < -0.4 is 5.32 Å². The smallest absolute Gasteiger partial charge is 0.211 e. The van der Waals surface area contributed by atoms with Gasteiger partial charge in [0.15, 0.2) is 5.96 Å². The molecule has 0 unspecified atom stereocenters. The highest BCUT2D eigenvalue weighted by molar-refractivity contribution is 7.88. The van der Waals surface area contributed by atoms with E-state index in [1.165, 1.54) is 19.1 Å². The van der Waals surface area contributed by atoms with Gasteiger partial charge in [-0.15, -0.1) is 0 Å². The Labute approximate surface area is 141 Å². The highest BCUT2D eigenvalue weighted by Crippen LogP contribution is 2.20. The first kappa shape index (κ1) is 18.5. The maximum Gasteiger partial charge on any atom is 0.211 e. The van der Waals surface area contributed by atoms with Crippen molar-refractivity contribution in [2.45, 2.75) is 39.5 Å². The van der Waals surface area contributed by atoms with Gasteiger partial charge in [-0.1, -0.05) is 6.92 Å². The SMILES string of the molecule is CCNC(=NCC1CCN(S(C)(=O)=O)CC1)N1CCC(C)CC1. The summed E-state index contributed by atoms with van der Waals surface area (Å²) in [5.74, 6) is 2.34. The second-order valence-corrected chi connectivity index (χ2v) is 8.95. The standard InChI is InChI=1S/C16H32N4O2S/c1-4-17-16(19-9-5-14(2)6-10-19)18-13-15-7-11-20(12-8-15)23(3,21)22/h14-15H,4-13H2,1-3H3,(H,17,18). The molecule has 2 saturated heterocycles. The minimum absolute atomic E-state index is 0.491. The summed E-state index contributed by atoms with van der Waals surface area (Å²) in [7, 11) is -3.03. The number of nitrogens with zero attached hydrogens (tertiary/aromatic N) is 3. The lowest BCUT2D eigenvalue weighted by Gasteiger charge is -2.33. The summed E-state index contributed by atoms with van der Waals surface area (Å²) in [6, 6.07) is 0. The van der Waals surface area contributed by atoms with E-state index in [4.69, 9.17) is 4.99 Å². The van der Waals surface area contributed by atoms with Gasteiger partial charge >= 0.3 is 0 Å². The van der Waals surface area contributed by atoms with Gasteiger partial charge in [0.2, 0.25) is 10.0 Å². The molecule has 6 nitrogen and oxygen atoms in total. The van der Waals surface area contributed by atoms with E-state index in [1.54, 1.807) is 4.31 Å². The third kappa shape index (κ3) is 5.64. The summed E-state index contributed by atoms with van der Waals surface area (Å²) >= 11 is 0. The van der Waals surface area contributed by atoms with Gasteiger partial charge in [0.05, 0.1) is 6.26 Å². The van der Waals surface area contributed by atoms with E-state index in [-0.39, 0.29) is 0 Å². The van der Waals surface area contributed by atoms with Gasteiger partial charge in [0.25, 0.3) is 0 Å². The Hall–Kier alpha value is -0.820. The Morgan fingerprint density at radius 3 is 2.26 bits per heavy atom. The van der Waals surface area contributed by atoms with Crippen molar-refractivity contribution in [2.75, 3.05) is 45.5 Å². The summed E-state index contributed by atoms with van der Waals surface area (Å²) < 4.78 is 24.7. The molecule has 2 rings (SSSR count). The molecule has 0 atom stereocenters. The highest BCUT2D eigenvalue weighted by Gasteiger charge is 2.25. The van der Waals surface area contributed by atoms with E-state index in [0.717, 1.165) is 50.9 Å². The first-order chi connectivity index (χ1) is 10.9. The molecule has 23 heavy (non-hydrogen) atoms. The Bertz CT molecular complexity index is 490. The van der Waals surface area contributed by atoms with Crippen molar-refractivity contribution in [3.8, 4) is 0 Å². The van der Waals surface area contributed by atoms with Crippen LogP contribution in [0.25, 0.3) is 0 Å². The van der Waals surface area contributed by atoms with Crippen LogP contribution in [0.15, 0.2) is 4.99 Å². The zero-order valence-corrected chi connectivity index (χ0v) is 15.6. The number of likely N-dealkylation sites (tertiary alicyclic amines) is 1. The molecule has 0 saturated carbocycles. The molecular weight excluding hydrogens is 312 g/mol. The second kappa shape index (κ2) is 8.33. The number of piperidine rings is 2. The number of guanidine groups is 1. The number of hydrogen-bond acceptors (Lipinski definition) is 3. The molecule has 0 bridgehead atoms. The van der Waals surface area contributed by atoms with Gasteiger partial charge in [-0.05, 0) is 44.4 Å². The fourth-order valence-electron chi connectivity index (χ4n) is 3.29. The number of sulfonamides is 1. The average molecular weight is 345 g/mol. The van der Waals surface area contributed by atoms with Crippen LogP contribution in [0, 0.1) is 11.8 Å². The second-order valence-electron chi connectivity index (χ2n) is 6.97. The van der Waals surface area contributed by atoms with E-state index in [0.29, 0.717) is 19.0 Å². The molecule has 2 fully saturated rings. The normalized spacial score (nSPS) is 23.3. The van der Waals surface area contributed by atoms with E-state index < -0.39 is 10.0 Å². The molecule has 0 spiro atoms. The highest BCUT2D eigenvalue weighted by atomic mass is 32.2. The molecule has 2 aliphatic rings. The van der Waals surface area contributed by atoms with Gasteiger partial charge < -0.3 is 10.2 Å². The lowest BCUT2D eigenvalue weighted by molar-refractivity contribution is 0.266. The molecule has 0 amide bonds. The summed E-state index contributed by atoms with van der Waals surface area (Å²) in [6.07, 6.45) is 5.58. The molecule has 0 aromatic carbocycles. The first-order valence-corrected chi connectivity index (χ1v) is 10.7. The van der Waals surface area contributed by atoms with Gasteiger partial charge in [0, 0.05) is 39.3 Å². The topological polar surface area (TPSA) is 65.0 Å². The van der Waals surface area contributed by atoms with Crippen LogP contribution in [0.4, 0.5) is 0 Å². The number of aliphatic imine (C=N–C) groups is 1. The quantitative estimate of drug-likeness (QED) is 0.618. The van der Waals surface area contributed by atoms with Gasteiger partial charge in [-0.3, -0.25) is 4.99 Å². The molecule has 0 radical (unpaired) electrons. The van der Waals surface area contributed by atoms with Crippen molar-refractivity contribution in [1.82, 2.24) is 14.5 Å². The number of rotatable bonds is 4. The van der Waals surface area contributed by atoms with Crippen LogP contribution in [0.5, 0.6) is 0 Å². The summed E-state index contributed by atoms with van der Waals surface area (Å²) in [5.41, 5.74) is 0. The molecule has 0 aliphatic carbocycles. The fourth-order valence-corrected chi connectivity index (χ4v) is 4.16. The lowest BCUT2D eigenvalue weighted by Crippen LogP contribution is -2.45. The van der Waals surface area contributed by atoms with Crippen LogP contribution in [0.2, 0.25) is 0 Å². The van der Waals surface area contributed by atoms with Crippen molar-refractivity contribution in [1.29, 1.82) is 0 Å². The Morgan fingerprint density at radius 1 is 1.13 bits per heavy atom. The molecule has 7 heteroatoms. The predicted octanol–water partition coefficient (Wildman–Crippen LogP) is 1.36.